The van der Waals surface area contributed by atoms with Crippen LogP contribution in [-0.2, 0) is 6.42 Å². The molecule has 0 aliphatic heterocycles. The van der Waals surface area contributed by atoms with E-state index in [4.69, 9.17) is 4.98 Å². The van der Waals surface area contributed by atoms with E-state index in [9.17, 15) is 4.79 Å². The zero-order chi connectivity index (χ0) is 17.9. The van der Waals surface area contributed by atoms with Crippen LogP contribution in [0.4, 0.5) is 0 Å². The molecule has 0 bridgehead atoms. The van der Waals surface area contributed by atoms with Gasteiger partial charge in [0.15, 0.2) is 0 Å². The van der Waals surface area contributed by atoms with Gasteiger partial charge in [-0.1, -0.05) is 42.5 Å². The smallest absolute Gasteiger partial charge is 0.262 e. The second kappa shape index (κ2) is 7.14. The number of rotatable bonds is 5. The van der Waals surface area contributed by atoms with E-state index in [-0.39, 0.29) is 11.9 Å². The van der Waals surface area contributed by atoms with Crippen LogP contribution in [-0.4, -0.2) is 15.9 Å². The second-order valence-corrected chi connectivity index (χ2v) is 7.20. The van der Waals surface area contributed by atoms with Gasteiger partial charge in [-0.2, -0.15) is 0 Å². The molecule has 2 aromatic carbocycles. The van der Waals surface area contributed by atoms with Gasteiger partial charge < -0.3 is 10.3 Å². The van der Waals surface area contributed by atoms with Crippen molar-refractivity contribution in [3.05, 3.63) is 87.9 Å². The molecule has 26 heavy (non-hydrogen) atoms. The molecule has 0 spiro atoms. The normalized spacial score (nSPS) is 12.2. The quantitative estimate of drug-likeness (QED) is 0.544. The Morgan fingerprint density at radius 1 is 1.12 bits per heavy atom. The van der Waals surface area contributed by atoms with Gasteiger partial charge in [0.05, 0.1) is 22.0 Å². The molecule has 2 heterocycles. The van der Waals surface area contributed by atoms with Crippen molar-refractivity contribution in [3.63, 3.8) is 0 Å². The number of aromatic nitrogens is 2. The van der Waals surface area contributed by atoms with Crippen molar-refractivity contribution in [1.29, 1.82) is 0 Å². The summed E-state index contributed by atoms with van der Waals surface area (Å²) in [6.45, 7) is 1.96. The highest BCUT2D eigenvalue weighted by Gasteiger charge is 2.21. The minimum absolute atomic E-state index is 0.0566. The fourth-order valence-electron chi connectivity index (χ4n) is 3.03. The Kier molecular flexibility index (Phi) is 4.54. The predicted octanol–water partition coefficient (Wildman–Crippen LogP) is 4.65. The highest BCUT2D eigenvalue weighted by molar-refractivity contribution is 7.12. The molecule has 5 heteroatoms. The third kappa shape index (κ3) is 3.39. The van der Waals surface area contributed by atoms with Crippen molar-refractivity contribution < 1.29 is 4.79 Å². The summed E-state index contributed by atoms with van der Waals surface area (Å²) in [5, 5.41) is 5.11. The molecule has 0 fully saturated rings. The lowest BCUT2D eigenvalue weighted by Gasteiger charge is -2.17. The van der Waals surface area contributed by atoms with Crippen molar-refractivity contribution in [2.75, 3.05) is 0 Å². The number of para-hydroxylation sites is 2. The third-order valence-corrected chi connectivity index (χ3v) is 5.41. The molecule has 0 radical (unpaired) electrons. The number of carbonyl (C=O) groups excluding carboxylic acids is 1. The summed E-state index contributed by atoms with van der Waals surface area (Å²) < 4.78 is 0. The lowest BCUT2D eigenvalue weighted by molar-refractivity contribution is 0.0938. The molecule has 0 aliphatic carbocycles. The van der Waals surface area contributed by atoms with Gasteiger partial charge in [0.1, 0.15) is 5.82 Å². The summed E-state index contributed by atoms with van der Waals surface area (Å²) in [6, 6.07) is 19.8. The van der Waals surface area contributed by atoms with Crippen LogP contribution in [0.15, 0.2) is 66.0 Å². The van der Waals surface area contributed by atoms with Crippen LogP contribution in [0.25, 0.3) is 11.0 Å². The first-order valence-electron chi connectivity index (χ1n) is 8.54. The Labute approximate surface area is 155 Å². The lowest BCUT2D eigenvalue weighted by atomic mass is 10.1. The van der Waals surface area contributed by atoms with Crippen molar-refractivity contribution >= 4 is 28.3 Å². The number of nitrogens with one attached hydrogen (secondary N) is 2. The van der Waals surface area contributed by atoms with Crippen LogP contribution in [0.2, 0.25) is 0 Å². The maximum Gasteiger partial charge on any atom is 0.262 e. The zero-order valence-electron chi connectivity index (χ0n) is 14.4. The Morgan fingerprint density at radius 3 is 2.62 bits per heavy atom. The van der Waals surface area contributed by atoms with Gasteiger partial charge >= 0.3 is 0 Å². The number of thiophene rings is 1. The molecule has 0 saturated heterocycles. The number of benzene rings is 2. The van der Waals surface area contributed by atoms with Crippen LogP contribution in [0.5, 0.6) is 0 Å². The van der Waals surface area contributed by atoms with E-state index in [1.54, 1.807) is 0 Å². The summed E-state index contributed by atoms with van der Waals surface area (Å²) in [4.78, 5) is 21.6. The van der Waals surface area contributed by atoms with E-state index >= 15 is 0 Å². The van der Waals surface area contributed by atoms with Crippen LogP contribution < -0.4 is 5.32 Å². The van der Waals surface area contributed by atoms with Gasteiger partial charge in [-0.25, -0.2) is 4.98 Å². The topological polar surface area (TPSA) is 57.8 Å². The Hall–Kier alpha value is -2.92. The number of fused-ring (bicyclic) bond motifs is 1. The van der Waals surface area contributed by atoms with E-state index in [2.05, 4.69) is 22.4 Å². The Balaban J connectivity index is 1.66. The van der Waals surface area contributed by atoms with Crippen molar-refractivity contribution in [3.8, 4) is 0 Å². The molecule has 2 aromatic heterocycles. The summed E-state index contributed by atoms with van der Waals surface area (Å²) in [5.41, 5.74) is 4.03. The molecule has 130 valence electrons. The highest BCUT2D eigenvalue weighted by Crippen LogP contribution is 2.22. The first-order chi connectivity index (χ1) is 12.7. The predicted molar refractivity (Wildman–Crippen MR) is 106 cm³/mol. The molecule has 4 rings (SSSR count). The van der Waals surface area contributed by atoms with Gasteiger partial charge in [0.25, 0.3) is 5.91 Å². The number of hydrogen-bond donors (Lipinski definition) is 2. The molecule has 4 aromatic rings. The number of hydrogen-bond acceptors (Lipinski definition) is 3. The molecule has 2 N–H and O–H groups in total. The van der Waals surface area contributed by atoms with Crippen molar-refractivity contribution in [2.24, 2.45) is 0 Å². The molecule has 0 aliphatic rings. The number of carbonyl (C=O) groups is 1. The monoisotopic (exact) mass is 361 g/mol. The largest absolute Gasteiger partial charge is 0.341 e. The molecule has 0 saturated carbocycles. The van der Waals surface area contributed by atoms with Gasteiger partial charge in [0.2, 0.25) is 0 Å². The van der Waals surface area contributed by atoms with Crippen LogP contribution in [0.3, 0.4) is 0 Å². The zero-order valence-corrected chi connectivity index (χ0v) is 15.2. The summed E-state index contributed by atoms with van der Waals surface area (Å²) in [5.74, 6) is 0.719. The first-order valence-corrected chi connectivity index (χ1v) is 9.42. The fourth-order valence-corrected chi connectivity index (χ4v) is 3.86. The second-order valence-electron chi connectivity index (χ2n) is 6.29. The summed E-state index contributed by atoms with van der Waals surface area (Å²) in [7, 11) is 0. The maximum absolute atomic E-state index is 12.8. The number of aryl methyl sites for hydroxylation is 1. The van der Waals surface area contributed by atoms with Crippen LogP contribution in [0, 0.1) is 6.92 Å². The van der Waals surface area contributed by atoms with Crippen molar-refractivity contribution in [2.45, 2.75) is 19.4 Å². The molecule has 1 atom stereocenters. The van der Waals surface area contributed by atoms with E-state index in [0.29, 0.717) is 6.42 Å². The van der Waals surface area contributed by atoms with E-state index in [0.717, 1.165) is 32.9 Å². The first kappa shape index (κ1) is 16.5. The fraction of sp³-hybridized carbons (Fsp3) is 0.143. The number of H-pyrrole nitrogens is 1. The average molecular weight is 361 g/mol. The maximum atomic E-state index is 12.8. The molecule has 0 unspecified atom stereocenters. The van der Waals surface area contributed by atoms with Gasteiger partial charge in [-0.3, -0.25) is 4.79 Å². The third-order valence-electron chi connectivity index (χ3n) is 4.39. The number of imidazole rings is 1. The van der Waals surface area contributed by atoms with E-state index < -0.39 is 0 Å². The van der Waals surface area contributed by atoms with E-state index in [1.165, 1.54) is 11.3 Å². The standard InChI is InChI=1S/C21H19N3OS/c1-14-11-12-26-19(14)21(25)24-18(13-15-7-3-2-4-8-15)20-22-16-9-5-6-10-17(16)23-20/h2-12,18H,13H2,1H3,(H,22,23)(H,24,25)/t18-/m0/s1. The lowest BCUT2D eigenvalue weighted by Crippen LogP contribution is -2.30. The van der Waals surface area contributed by atoms with Crippen molar-refractivity contribution in [1.82, 2.24) is 15.3 Å². The average Bonchev–Trinajstić information content (AvgIpc) is 3.28. The molecule has 4 nitrogen and oxygen atoms in total. The minimum Gasteiger partial charge on any atom is -0.341 e. The van der Waals surface area contributed by atoms with Gasteiger partial charge in [-0.05, 0) is 48.1 Å². The minimum atomic E-state index is -0.223. The van der Waals surface area contributed by atoms with Crippen LogP contribution in [0.1, 0.15) is 32.7 Å². The highest BCUT2D eigenvalue weighted by atomic mass is 32.1. The molecule has 1 amide bonds. The van der Waals surface area contributed by atoms with Crippen LogP contribution >= 0.6 is 11.3 Å². The van der Waals surface area contributed by atoms with Gasteiger partial charge in [0, 0.05) is 0 Å². The SMILES string of the molecule is Cc1ccsc1C(=O)N[C@@H](Cc1ccccc1)c1nc2ccccc2[nH]1. The molecular weight excluding hydrogens is 342 g/mol. The Morgan fingerprint density at radius 2 is 1.88 bits per heavy atom. The van der Waals surface area contributed by atoms with E-state index in [1.807, 2.05) is 60.8 Å². The summed E-state index contributed by atoms with van der Waals surface area (Å²) in [6.07, 6.45) is 0.677. The Bertz CT molecular complexity index is 1000. The molecular formula is C21H19N3OS. The summed E-state index contributed by atoms with van der Waals surface area (Å²) >= 11 is 1.46. The number of amides is 1. The van der Waals surface area contributed by atoms with Gasteiger partial charge in [-0.15, -0.1) is 11.3 Å². The number of nitrogens with zero attached hydrogens (tertiary/aromatic N) is 1. The number of aromatic amines is 1.